The Labute approximate surface area is 221 Å². The van der Waals surface area contributed by atoms with Gasteiger partial charge in [0.1, 0.15) is 4.88 Å². The van der Waals surface area contributed by atoms with E-state index in [1.807, 2.05) is 53.4 Å². The first-order valence-electron chi connectivity index (χ1n) is 11.0. The minimum atomic E-state index is -0.302. The van der Waals surface area contributed by atoms with Gasteiger partial charge >= 0.3 is 0 Å². The van der Waals surface area contributed by atoms with E-state index in [0.29, 0.717) is 57.4 Å². The van der Waals surface area contributed by atoms with Crippen molar-refractivity contribution in [3.05, 3.63) is 92.2 Å². The van der Waals surface area contributed by atoms with E-state index >= 15 is 0 Å². The third kappa shape index (κ3) is 4.98. The van der Waals surface area contributed by atoms with Crippen molar-refractivity contribution in [1.29, 1.82) is 0 Å². The Morgan fingerprint density at radius 1 is 0.857 bits per heavy atom. The standard InChI is InChI=1S/C26H20Cl3N3O2S/c27-17-6-8-19-22(14-17)35-24(23(19)29)25(33)30-18-7-9-21(20(28)15-18)31-10-12-32(13-11-31)26(34)16-4-2-1-3-5-16/h1-9,14-15H,10-13H2,(H,30,33). The van der Waals surface area contributed by atoms with Gasteiger partial charge in [-0.1, -0.05) is 59.1 Å². The van der Waals surface area contributed by atoms with Crippen LogP contribution < -0.4 is 10.2 Å². The predicted molar refractivity (Wildman–Crippen MR) is 146 cm³/mol. The summed E-state index contributed by atoms with van der Waals surface area (Å²) in [5.41, 5.74) is 2.14. The quantitative estimate of drug-likeness (QED) is 0.299. The fraction of sp³-hybridized carbons (Fsp3) is 0.154. The first kappa shape index (κ1) is 23.9. The highest BCUT2D eigenvalue weighted by atomic mass is 35.5. The molecule has 1 fully saturated rings. The van der Waals surface area contributed by atoms with Crippen molar-refractivity contribution in [2.75, 3.05) is 36.4 Å². The zero-order chi connectivity index (χ0) is 24.5. The molecular weight excluding hydrogens is 525 g/mol. The van der Waals surface area contributed by atoms with Gasteiger partial charge in [-0.15, -0.1) is 11.3 Å². The number of nitrogens with one attached hydrogen (secondary N) is 1. The van der Waals surface area contributed by atoms with Crippen LogP contribution in [-0.2, 0) is 0 Å². The number of piperazine rings is 1. The van der Waals surface area contributed by atoms with Crippen LogP contribution in [0, 0.1) is 0 Å². The molecule has 5 nitrogen and oxygen atoms in total. The van der Waals surface area contributed by atoms with Crippen LogP contribution in [0.1, 0.15) is 20.0 Å². The molecule has 4 aromatic rings. The number of fused-ring (bicyclic) bond motifs is 1. The minimum Gasteiger partial charge on any atom is -0.367 e. The Morgan fingerprint density at radius 3 is 2.31 bits per heavy atom. The Bertz CT molecular complexity index is 1420. The summed E-state index contributed by atoms with van der Waals surface area (Å²) >= 11 is 20.4. The molecule has 2 heterocycles. The largest absolute Gasteiger partial charge is 0.367 e. The molecule has 1 aliphatic rings. The molecule has 5 rings (SSSR count). The monoisotopic (exact) mass is 543 g/mol. The second kappa shape index (κ2) is 10.1. The minimum absolute atomic E-state index is 0.0385. The van der Waals surface area contributed by atoms with Gasteiger partial charge in [-0.3, -0.25) is 9.59 Å². The summed E-state index contributed by atoms with van der Waals surface area (Å²) in [6, 6.07) is 20.1. The summed E-state index contributed by atoms with van der Waals surface area (Å²) in [6.45, 7) is 2.56. The second-order valence-corrected chi connectivity index (χ2v) is 10.4. The molecule has 1 saturated heterocycles. The van der Waals surface area contributed by atoms with E-state index in [1.54, 1.807) is 18.2 Å². The number of benzene rings is 3. The number of carbonyl (C=O) groups is 2. The maximum atomic E-state index is 12.9. The number of nitrogens with zero attached hydrogens (tertiary/aromatic N) is 2. The van der Waals surface area contributed by atoms with E-state index in [2.05, 4.69) is 10.2 Å². The van der Waals surface area contributed by atoms with Gasteiger partial charge in [0.15, 0.2) is 0 Å². The van der Waals surface area contributed by atoms with Crippen molar-refractivity contribution < 1.29 is 9.59 Å². The molecule has 3 aromatic carbocycles. The van der Waals surface area contributed by atoms with Crippen LogP contribution in [0.15, 0.2) is 66.7 Å². The molecule has 0 radical (unpaired) electrons. The van der Waals surface area contributed by atoms with Crippen LogP contribution in [0.2, 0.25) is 15.1 Å². The zero-order valence-electron chi connectivity index (χ0n) is 18.4. The highest BCUT2D eigenvalue weighted by molar-refractivity contribution is 7.21. The number of carbonyl (C=O) groups excluding carboxylic acids is 2. The number of amides is 2. The smallest absolute Gasteiger partial charge is 0.267 e. The van der Waals surface area contributed by atoms with Crippen molar-refractivity contribution in [3.63, 3.8) is 0 Å². The molecule has 0 aliphatic carbocycles. The average molecular weight is 545 g/mol. The van der Waals surface area contributed by atoms with Gasteiger partial charge in [0.2, 0.25) is 0 Å². The predicted octanol–water partition coefficient (Wildman–Crippen LogP) is 7.08. The Hall–Kier alpha value is -2.77. The first-order chi connectivity index (χ1) is 16.9. The molecule has 178 valence electrons. The fourth-order valence-corrected chi connectivity index (χ4v) is 6.12. The van der Waals surface area contributed by atoms with Gasteiger partial charge < -0.3 is 15.1 Å². The number of thiophene rings is 1. The normalized spacial score (nSPS) is 13.8. The fourth-order valence-electron chi connectivity index (χ4n) is 4.13. The summed E-state index contributed by atoms with van der Waals surface area (Å²) in [6.07, 6.45) is 0. The van der Waals surface area contributed by atoms with Crippen molar-refractivity contribution in [2.45, 2.75) is 0 Å². The van der Waals surface area contributed by atoms with Gasteiger partial charge in [0.25, 0.3) is 11.8 Å². The molecule has 0 saturated carbocycles. The molecule has 9 heteroatoms. The van der Waals surface area contributed by atoms with Crippen LogP contribution in [0.3, 0.4) is 0 Å². The lowest BCUT2D eigenvalue weighted by Gasteiger charge is -2.36. The Morgan fingerprint density at radius 2 is 1.60 bits per heavy atom. The summed E-state index contributed by atoms with van der Waals surface area (Å²) in [5.74, 6) is -0.263. The summed E-state index contributed by atoms with van der Waals surface area (Å²) < 4.78 is 0.853. The van der Waals surface area contributed by atoms with Gasteiger partial charge in [0, 0.05) is 52.5 Å². The van der Waals surface area contributed by atoms with Gasteiger partial charge in [-0.2, -0.15) is 0 Å². The molecule has 0 spiro atoms. The number of hydrogen-bond donors (Lipinski definition) is 1. The summed E-state index contributed by atoms with van der Waals surface area (Å²) in [5, 5.41) is 5.21. The lowest BCUT2D eigenvalue weighted by molar-refractivity contribution is 0.0746. The molecule has 1 aliphatic heterocycles. The highest BCUT2D eigenvalue weighted by Gasteiger charge is 2.24. The molecular formula is C26H20Cl3N3O2S. The van der Waals surface area contributed by atoms with Crippen LogP contribution in [0.25, 0.3) is 10.1 Å². The molecule has 0 bridgehead atoms. The first-order valence-corrected chi connectivity index (χ1v) is 12.9. The van der Waals surface area contributed by atoms with Crippen molar-refractivity contribution in [2.24, 2.45) is 0 Å². The topological polar surface area (TPSA) is 52.7 Å². The maximum absolute atomic E-state index is 12.9. The van der Waals surface area contributed by atoms with Crippen LogP contribution >= 0.6 is 46.1 Å². The number of rotatable bonds is 4. The second-order valence-electron chi connectivity index (χ2n) is 8.15. The molecule has 2 amide bonds. The van der Waals surface area contributed by atoms with Gasteiger partial charge in [-0.05, 0) is 42.5 Å². The van der Waals surface area contributed by atoms with E-state index < -0.39 is 0 Å². The lowest BCUT2D eigenvalue weighted by Crippen LogP contribution is -2.48. The van der Waals surface area contributed by atoms with E-state index in [4.69, 9.17) is 34.8 Å². The van der Waals surface area contributed by atoms with E-state index in [0.717, 1.165) is 15.8 Å². The van der Waals surface area contributed by atoms with Gasteiger partial charge in [-0.25, -0.2) is 0 Å². The molecule has 0 atom stereocenters. The molecule has 1 aromatic heterocycles. The maximum Gasteiger partial charge on any atom is 0.267 e. The molecule has 35 heavy (non-hydrogen) atoms. The van der Waals surface area contributed by atoms with E-state index in [9.17, 15) is 9.59 Å². The Balaban J connectivity index is 1.25. The third-order valence-electron chi connectivity index (χ3n) is 5.93. The average Bonchev–Trinajstić information content (AvgIpc) is 3.20. The van der Waals surface area contributed by atoms with E-state index in [-0.39, 0.29) is 11.8 Å². The molecule has 1 N–H and O–H groups in total. The van der Waals surface area contributed by atoms with Crippen molar-refractivity contribution in [1.82, 2.24) is 4.90 Å². The van der Waals surface area contributed by atoms with Crippen LogP contribution in [-0.4, -0.2) is 42.9 Å². The van der Waals surface area contributed by atoms with Gasteiger partial charge in [0.05, 0.1) is 15.7 Å². The third-order valence-corrected chi connectivity index (χ3v) is 8.13. The number of hydrogen-bond acceptors (Lipinski definition) is 4. The lowest BCUT2D eigenvalue weighted by atomic mass is 10.1. The molecule has 0 unspecified atom stereocenters. The summed E-state index contributed by atoms with van der Waals surface area (Å²) in [4.78, 5) is 30.0. The van der Waals surface area contributed by atoms with Crippen molar-refractivity contribution in [3.8, 4) is 0 Å². The zero-order valence-corrected chi connectivity index (χ0v) is 21.5. The SMILES string of the molecule is O=C(Nc1ccc(N2CCN(C(=O)c3ccccc3)CC2)c(Cl)c1)c1sc2cc(Cl)ccc2c1Cl. The Kier molecular flexibility index (Phi) is 6.89. The highest BCUT2D eigenvalue weighted by Crippen LogP contribution is 2.37. The summed E-state index contributed by atoms with van der Waals surface area (Å²) in [7, 11) is 0. The van der Waals surface area contributed by atoms with Crippen LogP contribution in [0.4, 0.5) is 11.4 Å². The number of halogens is 3. The van der Waals surface area contributed by atoms with E-state index in [1.165, 1.54) is 11.3 Å². The van der Waals surface area contributed by atoms with Crippen LogP contribution in [0.5, 0.6) is 0 Å². The van der Waals surface area contributed by atoms with Crippen molar-refractivity contribution >= 4 is 79.4 Å². The number of anilines is 2.